The average Bonchev–Trinajstić information content (AvgIpc) is 2.45. The van der Waals surface area contributed by atoms with Crippen molar-refractivity contribution in [1.29, 1.82) is 0 Å². The molecule has 0 unspecified atom stereocenters. The maximum atomic E-state index is 4.25. The third kappa shape index (κ3) is 4.05. The Bertz CT molecular complexity index is 171. The van der Waals surface area contributed by atoms with E-state index >= 15 is 0 Å². The summed E-state index contributed by atoms with van der Waals surface area (Å²) in [7, 11) is 2.23. The summed E-state index contributed by atoms with van der Waals surface area (Å²) in [4.78, 5) is 2.46. The lowest BCUT2D eigenvalue weighted by atomic mass is 10.1. The second kappa shape index (κ2) is 6.52. The number of likely N-dealkylation sites (N-methyl/N-ethyl adjacent to an activating group) is 1. The number of nitrogens with zero attached hydrogens (tertiary/aromatic N) is 1. The molecule has 1 rings (SSSR count). The van der Waals surface area contributed by atoms with E-state index in [0.717, 1.165) is 18.3 Å². The van der Waals surface area contributed by atoms with Gasteiger partial charge in [-0.25, -0.2) is 0 Å². The van der Waals surface area contributed by atoms with Crippen molar-refractivity contribution in [3.63, 3.8) is 0 Å². The molecule has 0 saturated heterocycles. The van der Waals surface area contributed by atoms with E-state index in [2.05, 4.69) is 31.2 Å². The zero-order chi connectivity index (χ0) is 10.4. The largest absolute Gasteiger partial charge is 0.299 e. The van der Waals surface area contributed by atoms with Crippen molar-refractivity contribution in [1.82, 2.24) is 4.90 Å². The van der Waals surface area contributed by atoms with Crippen LogP contribution < -0.4 is 0 Å². The first-order chi connectivity index (χ1) is 6.74. The van der Waals surface area contributed by atoms with Crippen LogP contribution in [0.1, 0.15) is 38.5 Å². The van der Waals surface area contributed by atoms with Gasteiger partial charge in [-0.15, -0.1) is 0 Å². The lowest BCUT2D eigenvalue weighted by molar-refractivity contribution is 0.238. The van der Waals surface area contributed by atoms with Gasteiger partial charge in [0.1, 0.15) is 0 Å². The van der Waals surface area contributed by atoms with Crippen LogP contribution in [0.25, 0.3) is 0 Å². The van der Waals surface area contributed by atoms with E-state index in [9.17, 15) is 0 Å². The van der Waals surface area contributed by atoms with E-state index in [-0.39, 0.29) is 0 Å². The van der Waals surface area contributed by atoms with Gasteiger partial charge < -0.3 is 0 Å². The van der Waals surface area contributed by atoms with Crippen LogP contribution in [0.3, 0.4) is 0 Å². The third-order valence-electron chi connectivity index (χ3n) is 3.14. The molecule has 14 heavy (non-hydrogen) atoms. The minimum absolute atomic E-state index is 0.786. The first kappa shape index (κ1) is 12.1. The van der Waals surface area contributed by atoms with Gasteiger partial charge >= 0.3 is 0 Å². The summed E-state index contributed by atoms with van der Waals surface area (Å²) in [5, 5.41) is 0. The minimum atomic E-state index is 0.786. The molecular formula is C12H23NS. The SMILES string of the molecule is C=C(CS)CN(C)C1CCCCCC1. The highest BCUT2D eigenvalue weighted by Gasteiger charge is 2.16. The van der Waals surface area contributed by atoms with Crippen LogP contribution in [0.15, 0.2) is 12.2 Å². The van der Waals surface area contributed by atoms with Crippen molar-refractivity contribution < 1.29 is 0 Å². The van der Waals surface area contributed by atoms with E-state index in [1.807, 2.05) is 0 Å². The Labute approximate surface area is 94.0 Å². The summed E-state index contributed by atoms with van der Waals surface area (Å²) in [6, 6.07) is 0.786. The number of rotatable bonds is 4. The van der Waals surface area contributed by atoms with E-state index in [1.54, 1.807) is 0 Å². The van der Waals surface area contributed by atoms with Gasteiger partial charge in [-0.05, 0) is 19.9 Å². The molecule has 0 aromatic carbocycles. The molecule has 1 saturated carbocycles. The maximum absolute atomic E-state index is 4.25. The fraction of sp³-hybridized carbons (Fsp3) is 0.833. The lowest BCUT2D eigenvalue weighted by Gasteiger charge is -2.27. The zero-order valence-corrected chi connectivity index (χ0v) is 10.2. The lowest BCUT2D eigenvalue weighted by Crippen LogP contribution is -2.32. The van der Waals surface area contributed by atoms with Crippen molar-refractivity contribution in [3.8, 4) is 0 Å². The number of hydrogen-bond donors (Lipinski definition) is 1. The van der Waals surface area contributed by atoms with Crippen LogP contribution in [-0.2, 0) is 0 Å². The Morgan fingerprint density at radius 3 is 2.36 bits per heavy atom. The van der Waals surface area contributed by atoms with Crippen LogP contribution in [-0.4, -0.2) is 30.3 Å². The highest BCUT2D eigenvalue weighted by molar-refractivity contribution is 7.80. The molecule has 1 aliphatic carbocycles. The summed E-state index contributed by atoms with van der Waals surface area (Å²) in [6.45, 7) is 5.04. The van der Waals surface area contributed by atoms with Crippen LogP contribution in [0.4, 0.5) is 0 Å². The Morgan fingerprint density at radius 1 is 1.29 bits per heavy atom. The van der Waals surface area contributed by atoms with E-state index in [1.165, 1.54) is 44.1 Å². The molecule has 0 N–H and O–H groups in total. The molecule has 1 fully saturated rings. The van der Waals surface area contributed by atoms with Crippen LogP contribution in [0.2, 0.25) is 0 Å². The van der Waals surface area contributed by atoms with Crippen molar-refractivity contribution in [2.45, 2.75) is 44.6 Å². The van der Waals surface area contributed by atoms with Crippen LogP contribution >= 0.6 is 12.6 Å². The molecular weight excluding hydrogens is 190 g/mol. The van der Waals surface area contributed by atoms with Gasteiger partial charge in [0.25, 0.3) is 0 Å². The molecule has 0 amide bonds. The molecule has 0 atom stereocenters. The van der Waals surface area contributed by atoms with Crippen LogP contribution in [0, 0.1) is 0 Å². The molecule has 0 spiro atoms. The monoisotopic (exact) mass is 213 g/mol. The van der Waals surface area contributed by atoms with Gasteiger partial charge in [0, 0.05) is 18.3 Å². The first-order valence-electron chi connectivity index (χ1n) is 5.72. The van der Waals surface area contributed by atoms with Crippen molar-refractivity contribution >= 4 is 12.6 Å². The molecule has 1 aliphatic rings. The van der Waals surface area contributed by atoms with Gasteiger partial charge in [0.05, 0.1) is 0 Å². The Balaban J connectivity index is 2.33. The number of thiol groups is 1. The zero-order valence-electron chi connectivity index (χ0n) is 9.34. The van der Waals surface area contributed by atoms with Gasteiger partial charge in [-0.2, -0.15) is 12.6 Å². The molecule has 0 aromatic rings. The molecule has 0 bridgehead atoms. The smallest absolute Gasteiger partial charge is 0.0198 e. The molecule has 0 heterocycles. The average molecular weight is 213 g/mol. The van der Waals surface area contributed by atoms with E-state index < -0.39 is 0 Å². The summed E-state index contributed by atoms with van der Waals surface area (Å²) in [5.74, 6) is 0.817. The molecule has 0 aromatic heterocycles. The number of hydrogen-bond acceptors (Lipinski definition) is 2. The fourth-order valence-corrected chi connectivity index (χ4v) is 2.33. The molecule has 0 aliphatic heterocycles. The summed E-state index contributed by atoms with van der Waals surface area (Å²) in [5.41, 5.74) is 1.24. The Hall–Kier alpha value is 0.0500. The highest BCUT2D eigenvalue weighted by Crippen LogP contribution is 2.21. The van der Waals surface area contributed by atoms with E-state index in [0.29, 0.717) is 0 Å². The predicted octanol–water partition coefficient (Wildman–Crippen LogP) is 3.13. The second-order valence-electron chi connectivity index (χ2n) is 4.47. The molecule has 82 valence electrons. The van der Waals surface area contributed by atoms with Crippen molar-refractivity contribution in [2.24, 2.45) is 0 Å². The third-order valence-corrected chi connectivity index (χ3v) is 3.59. The molecule has 1 nitrogen and oxygen atoms in total. The fourth-order valence-electron chi connectivity index (χ4n) is 2.23. The molecule has 2 heteroatoms. The van der Waals surface area contributed by atoms with Crippen molar-refractivity contribution in [2.75, 3.05) is 19.3 Å². The highest BCUT2D eigenvalue weighted by atomic mass is 32.1. The standard InChI is InChI=1S/C12H23NS/c1-11(10-14)9-13(2)12-7-5-3-4-6-8-12/h12,14H,1,3-10H2,2H3. The Morgan fingerprint density at radius 2 is 1.86 bits per heavy atom. The van der Waals surface area contributed by atoms with Gasteiger partial charge in [0.15, 0.2) is 0 Å². The maximum Gasteiger partial charge on any atom is 0.0198 e. The quantitative estimate of drug-likeness (QED) is 0.426. The molecule has 0 radical (unpaired) electrons. The van der Waals surface area contributed by atoms with E-state index in [4.69, 9.17) is 0 Å². The van der Waals surface area contributed by atoms with Gasteiger partial charge in [-0.1, -0.05) is 37.8 Å². The van der Waals surface area contributed by atoms with Gasteiger partial charge in [-0.3, -0.25) is 4.90 Å². The predicted molar refractivity (Wildman–Crippen MR) is 67.1 cm³/mol. The van der Waals surface area contributed by atoms with Crippen LogP contribution in [0.5, 0.6) is 0 Å². The summed E-state index contributed by atoms with van der Waals surface area (Å²) in [6.07, 6.45) is 8.41. The Kier molecular flexibility index (Phi) is 5.64. The minimum Gasteiger partial charge on any atom is -0.299 e. The first-order valence-corrected chi connectivity index (χ1v) is 6.35. The second-order valence-corrected chi connectivity index (χ2v) is 4.78. The van der Waals surface area contributed by atoms with Gasteiger partial charge in [0.2, 0.25) is 0 Å². The summed E-state index contributed by atoms with van der Waals surface area (Å²) < 4.78 is 0. The van der Waals surface area contributed by atoms with Crippen molar-refractivity contribution in [3.05, 3.63) is 12.2 Å². The summed E-state index contributed by atoms with van der Waals surface area (Å²) >= 11 is 4.25. The topological polar surface area (TPSA) is 3.24 Å². The normalized spacial score (nSPS) is 19.6.